The Morgan fingerprint density at radius 1 is 1.44 bits per heavy atom. The van der Waals surface area contributed by atoms with E-state index in [1.54, 1.807) is 0 Å². The van der Waals surface area contributed by atoms with E-state index in [1.165, 1.54) is 6.07 Å². The van der Waals surface area contributed by atoms with Crippen LogP contribution in [0.15, 0.2) is 10.9 Å². The van der Waals surface area contributed by atoms with Gasteiger partial charge in [0.2, 0.25) is 0 Å². The van der Waals surface area contributed by atoms with Gasteiger partial charge in [-0.1, -0.05) is 20.8 Å². The van der Waals surface area contributed by atoms with Crippen molar-refractivity contribution in [2.75, 3.05) is 18.4 Å². The van der Waals surface area contributed by atoms with E-state index >= 15 is 0 Å². The first-order chi connectivity index (χ1) is 7.61. The monoisotopic (exact) mass is 224 g/mol. The van der Waals surface area contributed by atoms with Gasteiger partial charge >= 0.3 is 0 Å². The number of aromatic amines is 1. The van der Waals surface area contributed by atoms with Gasteiger partial charge in [0, 0.05) is 31.6 Å². The molecule has 0 saturated carbocycles. The molecule has 0 spiro atoms. The summed E-state index contributed by atoms with van der Waals surface area (Å²) < 4.78 is 0. The molecule has 0 radical (unpaired) electrons. The summed E-state index contributed by atoms with van der Waals surface area (Å²) >= 11 is 0. The molecule has 1 heterocycles. The number of aromatic nitrogens is 2. The molecule has 0 atom stereocenters. The largest absolute Gasteiger partial charge is 0.369 e. The second-order valence-corrected chi connectivity index (χ2v) is 3.97. The van der Waals surface area contributed by atoms with Crippen LogP contribution < -0.4 is 16.2 Å². The highest BCUT2D eigenvalue weighted by Crippen LogP contribution is 1.98. The van der Waals surface area contributed by atoms with E-state index < -0.39 is 0 Å². The van der Waals surface area contributed by atoms with Gasteiger partial charge in [-0.25, -0.2) is 4.98 Å². The van der Waals surface area contributed by atoms with Gasteiger partial charge in [-0.15, -0.1) is 0 Å². The van der Waals surface area contributed by atoms with E-state index in [9.17, 15) is 4.79 Å². The number of nitrogens with zero attached hydrogens (tertiary/aromatic N) is 1. The van der Waals surface area contributed by atoms with Crippen LogP contribution in [0.3, 0.4) is 0 Å². The zero-order valence-electron chi connectivity index (χ0n) is 10.1. The second kappa shape index (κ2) is 6.27. The summed E-state index contributed by atoms with van der Waals surface area (Å²) in [6.45, 7) is 7.77. The fourth-order valence-corrected chi connectivity index (χ4v) is 1.32. The number of nitrogens with one attached hydrogen (secondary N) is 3. The van der Waals surface area contributed by atoms with Crippen LogP contribution in [0.25, 0.3) is 0 Å². The number of hydrogen-bond acceptors (Lipinski definition) is 4. The minimum Gasteiger partial charge on any atom is -0.369 e. The fraction of sp³-hybridized carbons (Fsp3) is 0.636. The Hall–Kier alpha value is -1.36. The average Bonchev–Trinajstić information content (AvgIpc) is 2.23. The molecule has 0 amide bonds. The lowest BCUT2D eigenvalue weighted by Gasteiger charge is -2.09. The van der Waals surface area contributed by atoms with Crippen LogP contribution in [0.5, 0.6) is 0 Å². The Kier molecular flexibility index (Phi) is 4.98. The molecular formula is C11H20N4O. The van der Waals surface area contributed by atoms with Crippen molar-refractivity contribution in [3.8, 4) is 0 Å². The maximum atomic E-state index is 11.3. The first-order valence-corrected chi connectivity index (χ1v) is 5.69. The zero-order chi connectivity index (χ0) is 12.0. The second-order valence-electron chi connectivity index (χ2n) is 3.97. The molecule has 0 aliphatic carbocycles. The van der Waals surface area contributed by atoms with Crippen LogP contribution in [-0.4, -0.2) is 29.1 Å². The number of H-pyrrole nitrogens is 1. The molecule has 0 saturated heterocycles. The zero-order valence-corrected chi connectivity index (χ0v) is 10.1. The minimum absolute atomic E-state index is 0.105. The van der Waals surface area contributed by atoms with Crippen LogP contribution in [0.1, 0.15) is 26.6 Å². The van der Waals surface area contributed by atoms with Gasteiger partial charge in [0.1, 0.15) is 11.6 Å². The van der Waals surface area contributed by atoms with Gasteiger partial charge < -0.3 is 15.6 Å². The highest BCUT2D eigenvalue weighted by Gasteiger charge is 1.99. The van der Waals surface area contributed by atoms with Crippen LogP contribution in [0.4, 0.5) is 5.82 Å². The molecule has 0 aromatic carbocycles. The van der Waals surface area contributed by atoms with E-state index in [2.05, 4.69) is 34.4 Å². The molecule has 0 aliphatic heterocycles. The molecule has 1 aromatic heterocycles. The molecular weight excluding hydrogens is 204 g/mol. The lowest BCUT2D eigenvalue weighted by Crippen LogP contribution is -2.28. The van der Waals surface area contributed by atoms with Crippen LogP contribution >= 0.6 is 0 Å². The molecule has 1 rings (SSSR count). The van der Waals surface area contributed by atoms with Gasteiger partial charge in [-0.05, 0) is 0 Å². The lowest BCUT2D eigenvalue weighted by atomic mass is 10.4. The van der Waals surface area contributed by atoms with Crippen LogP contribution in [0, 0.1) is 0 Å². The van der Waals surface area contributed by atoms with Crippen molar-refractivity contribution in [1.82, 2.24) is 15.3 Å². The van der Waals surface area contributed by atoms with Gasteiger partial charge in [0.25, 0.3) is 5.56 Å². The molecule has 5 heteroatoms. The number of aryl methyl sites for hydroxylation is 1. The van der Waals surface area contributed by atoms with E-state index in [0.29, 0.717) is 17.7 Å². The predicted octanol–water partition coefficient (Wildman–Crippen LogP) is 0.742. The Morgan fingerprint density at radius 2 is 2.19 bits per heavy atom. The summed E-state index contributed by atoms with van der Waals surface area (Å²) in [6, 6.07) is 1.95. The fourth-order valence-electron chi connectivity index (χ4n) is 1.32. The van der Waals surface area contributed by atoms with Crippen LogP contribution in [-0.2, 0) is 6.42 Å². The minimum atomic E-state index is -0.105. The first-order valence-electron chi connectivity index (χ1n) is 5.69. The number of rotatable bonds is 6. The van der Waals surface area contributed by atoms with Crippen molar-refractivity contribution < 1.29 is 0 Å². The maximum Gasteiger partial charge on any atom is 0.252 e. The quantitative estimate of drug-likeness (QED) is 0.623. The number of hydrogen-bond donors (Lipinski definition) is 3. The Labute approximate surface area is 95.7 Å². The third-order valence-corrected chi connectivity index (χ3v) is 2.11. The SMILES string of the molecule is CCc1nc(NCCNC(C)C)cc(=O)[nH]1. The van der Waals surface area contributed by atoms with E-state index in [4.69, 9.17) is 0 Å². The summed E-state index contributed by atoms with van der Waals surface area (Å²) in [7, 11) is 0. The van der Waals surface area contributed by atoms with Crippen LogP contribution in [0.2, 0.25) is 0 Å². The summed E-state index contributed by atoms with van der Waals surface area (Å²) in [5, 5.41) is 6.40. The molecule has 1 aromatic rings. The third kappa shape index (κ3) is 4.44. The van der Waals surface area contributed by atoms with Gasteiger partial charge in [0.05, 0.1) is 0 Å². The summed E-state index contributed by atoms with van der Waals surface area (Å²) in [6.07, 6.45) is 0.731. The Morgan fingerprint density at radius 3 is 2.81 bits per heavy atom. The van der Waals surface area contributed by atoms with E-state index in [-0.39, 0.29) is 5.56 Å². The van der Waals surface area contributed by atoms with Crippen molar-refractivity contribution in [2.45, 2.75) is 33.2 Å². The maximum absolute atomic E-state index is 11.3. The van der Waals surface area contributed by atoms with Crippen molar-refractivity contribution in [2.24, 2.45) is 0 Å². The number of anilines is 1. The van der Waals surface area contributed by atoms with Gasteiger partial charge in [-0.2, -0.15) is 0 Å². The summed E-state index contributed by atoms with van der Waals surface area (Å²) in [5.74, 6) is 1.36. The van der Waals surface area contributed by atoms with Crippen molar-refractivity contribution in [1.29, 1.82) is 0 Å². The molecule has 5 nitrogen and oxygen atoms in total. The summed E-state index contributed by atoms with van der Waals surface area (Å²) in [5.41, 5.74) is -0.105. The van der Waals surface area contributed by atoms with Crippen molar-refractivity contribution in [3.05, 3.63) is 22.2 Å². The Bertz CT molecular complexity index is 372. The highest BCUT2D eigenvalue weighted by atomic mass is 16.1. The molecule has 90 valence electrons. The molecule has 0 aliphatic rings. The average molecular weight is 224 g/mol. The topological polar surface area (TPSA) is 69.8 Å². The summed E-state index contributed by atoms with van der Waals surface area (Å²) in [4.78, 5) is 18.2. The Balaban J connectivity index is 2.47. The van der Waals surface area contributed by atoms with Gasteiger partial charge in [0.15, 0.2) is 0 Å². The molecule has 16 heavy (non-hydrogen) atoms. The molecule has 0 bridgehead atoms. The van der Waals surface area contributed by atoms with Crippen molar-refractivity contribution >= 4 is 5.82 Å². The predicted molar refractivity (Wildman–Crippen MR) is 65.9 cm³/mol. The van der Waals surface area contributed by atoms with Crippen molar-refractivity contribution in [3.63, 3.8) is 0 Å². The van der Waals surface area contributed by atoms with E-state index in [0.717, 1.165) is 19.5 Å². The highest BCUT2D eigenvalue weighted by molar-refractivity contribution is 5.32. The first kappa shape index (κ1) is 12.7. The van der Waals surface area contributed by atoms with E-state index in [1.807, 2.05) is 6.92 Å². The smallest absolute Gasteiger partial charge is 0.252 e. The van der Waals surface area contributed by atoms with Gasteiger partial charge in [-0.3, -0.25) is 4.79 Å². The normalized spacial score (nSPS) is 10.8. The molecule has 3 N–H and O–H groups in total. The third-order valence-electron chi connectivity index (χ3n) is 2.11. The lowest BCUT2D eigenvalue weighted by molar-refractivity contribution is 0.602. The molecule has 0 fully saturated rings. The molecule has 0 unspecified atom stereocenters. The standard InChI is InChI=1S/C11H20N4O/c1-4-9-14-10(7-11(16)15-9)13-6-5-12-8(2)3/h7-8,12H,4-6H2,1-3H3,(H2,13,14,15,16).